The van der Waals surface area contributed by atoms with Crippen molar-refractivity contribution >= 4 is 17.9 Å². The van der Waals surface area contributed by atoms with Crippen molar-refractivity contribution in [2.45, 2.75) is 75.3 Å². The second-order valence-electron chi connectivity index (χ2n) is 8.25. The van der Waals surface area contributed by atoms with Crippen LogP contribution in [0.1, 0.15) is 51.4 Å². The molecule has 0 spiro atoms. The van der Waals surface area contributed by atoms with Gasteiger partial charge < -0.3 is 33.5 Å². The summed E-state index contributed by atoms with van der Waals surface area (Å²) >= 11 is 0. The van der Waals surface area contributed by atoms with Gasteiger partial charge in [-0.1, -0.05) is 0 Å². The lowest BCUT2D eigenvalue weighted by Gasteiger charge is -2.25. The zero-order valence-corrected chi connectivity index (χ0v) is 17.8. The van der Waals surface area contributed by atoms with Gasteiger partial charge in [0.2, 0.25) is 0 Å². The number of aliphatic hydroxyl groups is 1. The first-order valence-electron chi connectivity index (χ1n) is 11.0. The van der Waals surface area contributed by atoms with E-state index in [-0.39, 0.29) is 38.1 Å². The Bertz CT molecular complexity index is 569. The Morgan fingerprint density at radius 3 is 1.45 bits per heavy atom. The lowest BCUT2D eigenvalue weighted by Crippen LogP contribution is -2.46. The largest absolute Gasteiger partial charge is 0.463 e. The van der Waals surface area contributed by atoms with Crippen molar-refractivity contribution < 1.29 is 47.9 Å². The fourth-order valence-electron chi connectivity index (χ4n) is 3.79. The Morgan fingerprint density at radius 2 is 1.10 bits per heavy atom. The predicted octanol–water partition coefficient (Wildman–Crippen LogP) is 0.664. The summed E-state index contributed by atoms with van der Waals surface area (Å²) in [6.07, 6.45) is 2.82. The van der Waals surface area contributed by atoms with E-state index in [1.165, 1.54) is 0 Å². The van der Waals surface area contributed by atoms with Gasteiger partial charge in [0.25, 0.3) is 0 Å². The van der Waals surface area contributed by atoms with Gasteiger partial charge in [-0.25, -0.2) is 4.79 Å². The molecule has 3 aliphatic rings. The quantitative estimate of drug-likeness (QED) is 0.359. The molecule has 10 nitrogen and oxygen atoms in total. The number of carbonyl (C=O) groups is 3. The first kappa shape index (κ1) is 23.9. The lowest BCUT2D eigenvalue weighted by molar-refractivity contribution is -0.181. The van der Waals surface area contributed by atoms with Crippen LogP contribution in [0.5, 0.6) is 0 Å². The van der Waals surface area contributed by atoms with Crippen molar-refractivity contribution in [3.8, 4) is 0 Å². The van der Waals surface area contributed by atoms with E-state index in [1.807, 2.05) is 0 Å². The van der Waals surface area contributed by atoms with Crippen molar-refractivity contribution in [2.24, 2.45) is 0 Å². The van der Waals surface area contributed by atoms with Crippen LogP contribution in [0, 0.1) is 0 Å². The van der Waals surface area contributed by atoms with Gasteiger partial charge in [-0.05, 0) is 38.5 Å². The fraction of sp³-hybridized carbons (Fsp3) is 0.857. The maximum Gasteiger partial charge on any atom is 0.339 e. The molecule has 0 radical (unpaired) electrons. The van der Waals surface area contributed by atoms with E-state index >= 15 is 0 Å². The van der Waals surface area contributed by atoms with Crippen LogP contribution in [0.3, 0.4) is 0 Å². The SMILES string of the molecule is O=C(CC(O)(CC(=O)OCC1CCCO1)C(=O)OCC1CCCO1)OCC1CCCO1. The highest BCUT2D eigenvalue weighted by Gasteiger charge is 2.44. The molecule has 31 heavy (non-hydrogen) atoms. The molecule has 3 aliphatic heterocycles. The van der Waals surface area contributed by atoms with Crippen LogP contribution in [-0.2, 0) is 42.8 Å². The molecule has 0 saturated carbocycles. The van der Waals surface area contributed by atoms with Crippen LogP contribution < -0.4 is 0 Å². The maximum absolute atomic E-state index is 12.6. The van der Waals surface area contributed by atoms with Crippen molar-refractivity contribution in [3.63, 3.8) is 0 Å². The van der Waals surface area contributed by atoms with Crippen LogP contribution in [-0.4, -0.2) is 86.6 Å². The maximum atomic E-state index is 12.6. The normalized spacial score (nSPS) is 27.6. The summed E-state index contributed by atoms with van der Waals surface area (Å²) in [6, 6.07) is 0. The molecule has 3 saturated heterocycles. The molecule has 3 fully saturated rings. The number of rotatable bonds is 11. The summed E-state index contributed by atoms with van der Waals surface area (Å²) in [4.78, 5) is 37.2. The second kappa shape index (κ2) is 11.8. The minimum atomic E-state index is -2.39. The molecule has 176 valence electrons. The highest BCUT2D eigenvalue weighted by atomic mass is 16.6. The summed E-state index contributed by atoms with van der Waals surface area (Å²) in [7, 11) is 0. The first-order chi connectivity index (χ1) is 14.9. The first-order valence-corrected chi connectivity index (χ1v) is 11.0. The molecule has 0 bridgehead atoms. The van der Waals surface area contributed by atoms with Gasteiger partial charge in [0, 0.05) is 19.8 Å². The summed E-state index contributed by atoms with van der Waals surface area (Å²) < 4.78 is 31.6. The van der Waals surface area contributed by atoms with Gasteiger partial charge in [0.15, 0.2) is 5.60 Å². The monoisotopic (exact) mass is 444 g/mol. The molecule has 0 aromatic heterocycles. The third kappa shape index (κ3) is 7.71. The number of esters is 3. The Morgan fingerprint density at radius 1 is 0.710 bits per heavy atom. The zero-order chi connectivity index (χ0) is 22.1. The smallest absolute Gasteiger partial charge is 0.339 e. The molecule has 3 atom stereocenters. The number of hydrogen-bond acceptors (Lipinski definition) is 10. The minimum absolute atomic E-state index is 0.0311. The highest BCUT2D eigenvalue weighted by molar-refractivity contribution is 5.90. The summed E-state index contributed by atoms with van der Waals surface area (Å²) in [5, 5.41) is 10.9. The third-order valence-corrected chi connectivity index (χ3v) is 5.59. The van der Waals surface area contributed by atoms with Gasteiger partial charge >= 0.3 is 17.9 Å². The summed E-state index contributed by atoms with van der Waals surface area (Å²) in [5.74, 6) is -2.72. The molecule has 0 aromatic carbocycles. The Hall–Kier alpha value is -1.75. The van der Waals surface area contributed by atoms with Crippen LogP contribution >= 0.6 is 0 Å². The molecule has 10 heteroatoms. The number of hydrogen-bond donors (Lipinski definition) is 1. The number of carbonyl (C=O) groups excluding carboxylic acids is 3. The molecule has 0 aliphatic carbocycles. The molecule has 3 rings (SSSR count). The molecule has 3 unspecified atom stereocenters. The third-order valence-electron chi connectivity index (χ3n) is 5.59. The van der Waals surface area contributed by atoms with Crippen LogP contribution in [0.2, 0.25) is 0 Å². The van der Waals surface area contributed by atoms with Gasteiger partial charge in [0.05, 0.1) is 31.2 Å². The van der Waals surface area contributed by atoms with Crippen molar-refractivity contribution in [3.05, 3.63) is 0 Å². The summed E-state index contributed by atoms with van der Waals surface area (Å²) in [6.45, 7) is 1.80. The zero-order valence-electron chi connectivity index (χ0n) is 17.8. The van der Waals surface area contributed by atoms with Gasteiger partial charge in [0.1, 0.15) is 19.8 Å². The van der Waals surface area contributed by atoms with Crippen molar-refractivity contribution in [1.82, 2.24) is 0 Å². The van der Waals surface area contributed by atoms with Gasteiger partial charge in [-0.3, -0.25) is 9.59 Å². The van der Waals surface area contributed by atoms with Crippen molar-refractivity contribution in [1.29, 1.82) is 0 Å². The van der Waals surface area contributed by atoms with E-state index in [1.54, 1.807) is 0 Å². The van der Waals surface area contributed by atoms with E-state index < -0.39 is 36.4 Å². The van der Waals surface area contributed by atoms with Crippen molar-refractivity contribution in [2.75, 3.05) is 39.6 Å². The summed E-state index contributed by atoms with van der Waals surface area (Å²) in [5.41, 5.74) is -2.39. The van der Waals surface area contributed by atoms with E-state index in [0.29, 0.717) is 19.8 Å². The fourth-order valence-corrected chi connectivity index (χ4v) is 3.79. The molecule has 1 N–H and O–H groups in total. The average molecular weight is 444 g/mol. The van der Waals surface area contributed by atoms with E-state index in [4.69, 9.17) is 28.4 Å². The van der Waals surface area contributed by atoms with Gasteiger partial charge in [-0.2, -0.15) is 0 Å². The predicted molar refractivity (Wildman–Crippen MR) is 104 cm³/mol. The van der Waals surface area contributed by atoms with Crippen LogP contribution in [0.25, 0.3) is 0 Å². The Labute approximate surface area is 181 Å². The van der Waals surface area contributed by atoms with E-state index in [2.05, 4.69) is 0 Å². The average Bonchev–Trinajstić information content (AvgIpc) is 3.52. The van der Waals surface area contributed by atoms with E-state index in [9.17, 15) is 19.5 Å². The Balaban J connectivity index is 1.53. The van der Waals surface area contributed by atoms with Crippen LogP contribution in [0.4, 0.5) is 0 Å². The van der Waals surface area contributed by atoms with Crippen LogP contribution in [0.15, 0.2) is 0 Å². The van der Waals surface area contributed by atoms with Gasteiger partial charge in [-0.15, -0.1) is 0 Å². The molecule has 0 amide bonds. The minimum Gasteiger partial charge on any atom is -0.463 e. The number of ether oxygens (including phenoxy) is 6. The lowest BCUT2D eigenvalue weighted by atomic mass is 9.95. The second-order valence-corrected chi connectivity index (χ2v) is 8.25. The highest BCUT2D eigenvalue weighted by Crippen LogP contribution is 2.22. The standard InChI is InChI=1S/C21H32O10/c22-18(29-12-15-4-1-7-26-15)10-21(25,20(24)31-14-17-6-3-9-28-17)11-19(23)30-13-16-5-2-8-27-16/h15-17,25H,1-14H2. The topological polar surface area (TPSA) is 127 Å². The molecule has 0 aromatic rings. The Kier molecular flexibility index (Phi) is 9.06. The molecule has 3 heterocycles. The molecular weight excluding hydrogens is 412 g/mol. The van der Waals surface area contributed by atoms with E-state index in [0.717, 1.165) is 38.5 Å². The molecular formula is C21H32O10.